The van der Waals surface area contributed by atoms with Crippen LogP contribution in [0, 0.1) is 32.1 Å². The van der Waals surface area contributed by atoms with Crippen LogP contribution in [-0.2, 0) is 38.2 Å². The Hall–Kier alpha value is -11.9. The first-order chi connectivity index (χ1) is 50.8. The van der Waals surface area contributed by atoms with E-state index in [1.165, 1.54) is 153 Å². The van der Waals surface area contributed by atoms with Crippen LogP contribution in [0.5, 0.6) is 0 Å². The highest BCUT2D eigenvalue weighted by Gasteiger charge is 2.25. The van der Waals surface area contributed by atoms with Crippen LogP contribution in [0.4, 0.5) is 28.4 Å². The largest absolute Gasteiger partial charge is 0.467 e. The highest BCUT2D eigenvalue weighted by atomic mass is 16.6. The number of aliphatic hydroxyl groups excluding tert-OH is 1. The van der Waals surface area contributed by atoms with Crippen molar-refractivity contribution in [1.82, 2.24) is 18.3 Å². The number of nitrogens with zero attached hydrogens (tertiary/aromatic N) is 6. The third-order valence-corrected chi connectivity index (χ3v) is 19.1. The zero-order valence-corrected chi connectivity index (χ0v) is 60.1. The summed E-state index contributed by atoms with van der Waals surface area (Å²) in [7, 11) is 3.82. The molecule has 106 heavy (non-hydrogen) atoms. The molecule has 0 saturated heterocycles. The average molecular weight is 1450 g/mol. The zero-order chi connectivity index (χ0) is 76.9. The number of fused-ring (bicyclic) bond motifs is 5. The van der Waals surface area contributed by atoms with Crippen molar-refractivity contribution in [1.29, 1.82) is 0 Å². The SMILES string of the molecule is COC(=O)[C@@H](C)n1ccc2c(N)cccc2c1=O.COC(=O)[C@@H](C)n1ccc2c(NC(=O)CC3CCCCCC3)cccc2c1=O.COC(=O)[C@@H](C)n1ccc2c([N+](=O)[O-])cccc2c1=O.C[C@H](CO)n1ccc2c(NC(=O)CC3CCCCCC3)cccc2c1=O.O=c1occc2c([N+](=O)[O-])cccc12. The fourth-order valence-corrected chi connectivity index (χ4v) is 13.1. The fourth-order valence-electron chi connectivity index (χ4n) is 13.1. The molecule has 2 aliphatic carbocycles. The normalized spacial score (nSPS) is 14.2. The number of aliphatic hydroxyl groups is 1. The topological polar surface area (TPSA) is 388 Å². The number of aromatic nitrogens is 4. The van der Waals surface area contributed by atoms with Crippen molar-refractivity contribution in [2.75, 3.05) is 44.3 Å². The second kappa shape index (κ2) is 37.5. The molecule has 28 nitrogen and oxygen atoms in total. The molecule has 2 saturated carbocycles. The Kier molecular flexibility index (Phi) is 28.2. The molecule has 4 atom stereocenters. The minimum atomic E-state index is -0.795. The van der Waals surface area contributed by atoms with Crippen molar-refractivity contribution in [2.45, 2.75) is 142 Å². The number of methoxy groups -OCH3 is 3. The number of nitro benzene ring substituents is 2. The summed E-state index contributed by atoms with van der Waals surface area (Å²) in [5, 5.41) is 41.4. The number of benzene rings is 5. The Morgan fingerprint density at radius 3 is 1.19 bits per heavy atom. The van der Waals surface area contributed by atoms with Crippen molar-refractivity contribution >= 4 is 112 Å². The van der Waals surface area contributed by atoms with Gasteiger partial charge in [-0.05, 0) is 144 Å². The third kappa shape index (κ3) is 19.5. The first-order valence-electron chi connectivity index (χ1n) is 34.9. The molecule has 0 spiro atoms. The number of rotatable bonds is 16. The van der Waals surface area contributed by atoms with Gasteiger partial charge in [0.1, 0.15) is 18.1 Å². The van der Waals surface area contributed by atoms with Crippen molar-refractivity contribution in [3.05, 3.63) is 224 Å². The fraction of sp³-hybridized carbons (Fsp3) is 0.359. The van der Waals surface area contributed by atoms with E-state index in [2.05, 4.69) is 24.5 Å². The molecule has 5 aromatic carbocycles. The van der Waals surface area contributed by atoms with Crippen LogP contribution in [0.25, 0.3) is 53.9 Å². The van der Waals surface area contributed by atoms with Crippen LogP contribution in [0.15, 0.2) is 181 Å². The number of hydrogen-bond donors (Lipinski definition) is 4. The van der Waals surface area contributed by atoms with E-state index >= 15 is 0 Å². The van der Waals surface area contributed by atoms with Crippen molar-refractivity contribution in [3.8, 4) is 0 Å². The Bertz CT molecular complexity index is 5180. The Labute approximate surface area is 607 Å². The highest BCUT2D eigenvalue weighted by molar-refractivity contribution is 6.03. The Morgan fingerprint density at radius 1 is 0.462 bits per heavy atom. The molecule has 10 aromatic rings. The van der Waals surface area contributed by atoms with Crippen LogP contribution >= 0.6 is 0 Å². The van der Waals surface area contributed by atoms with Crippen LogP contribution in [-0.4, -0.2) is 90.9 Å². The minimum absolute atomic E-state index is 0.00786. The summed E-state index contributed by atoms with van der Waals surface area (Å²) >= 11 is 0. The summed E-state index contributed by atoms with van der Waals surface area (Å²) in [4.78, 5) is 141. The van der Waals surface area contributed by atoms with Gasteiger partial charge in [0.05, 0.1) is 71.6 Å². The molecule has 5 aromatic heterocycles. The first-order valence-corrected chi connectivity index (χ1v) is 34.9. The summed E-state index contributed by atoms with van der Waals surface area (Å²) in [6.07, 6.45) is 22.8. The maximum atomic E-state index is 12.8. The molecule has 0 radical (unpaired) electrons. The maximum Gasteiger partial charge on any atom is 0.343 e. The summed E-state index contributed by atoms with van der Waals surface area (Å²) in [6.45, 7) is 6.47. The van der Waals surface area contributed by atoms with Gasteiger partial charge in [0.15, 0.2) is 0 Å². The predicted octanol–water partition coefficient (Wildman–Crippen LogP) is 12.6. The summed E-state index contributed by atoms with van der Waals surface area (Å²) in [5.74, 6) is -0.568. The van der Waals surface area contributed by atoms with E-state index in [1.54, 1.807) is 100 Å². The minimum Gasteiger partial charge on any atom is -0.467 e. The van der Waals surface area contributed by atoms with Gasteiger partial charge in [-0.1, -0.05) is 81.7 Å². The molecule has 28 heteroatoms. The molecule has 5 heterocycles. The van der Waals surface area contributed by atoms with Gasteiger partial charge in [0.2, 0.25) is 11.8 Å². The molecule has 2 aliphatic rings. The highest BCUT2D eigenvalue weighted by Crippen LogP contribution is 2.31. The summed E-state index contributed by atoms with van der Waals surface area (Å²) in [6, 6.07) is 30.1. The van der Waals surface area contributed by atoms with Gasteiger partial charge in [-0.25, -0.2) is 19.2 Å². The average Bonchev–Trinajstić information content (AvgIpc) is 0.858. The molecule has 2 amide bonds. The van der Waals surface area contributed by atoms with Crippen molar-refractivity contribution in [2.24, 2.45) is 11.8 Å². The number of amides is 2. The van der Waals surface area contributed by atoms with Gasteiger partial charge in [-0.3, -0.25) is 49.0 Å². The van der Waals surface area contributed by atoms with Gasteiger partial charge in [0.25, 0.3) is 33.6 Å². The monoisotopic (exact) mass is 1450 g/mol. The number of nitrogen functional groups attached to an aromatic ring is 1. The Morgan fingerprint density at radius 2 is 0.792 bits per heavy atom. The van der Waals surface area contributed by atoms with Crippen molar-refractivity contribution < 1.29 is 57.6 Å². The van der Waals surface area contributed by atoms with Gasteiger partial charge < -0.3 is 58.4 Å². The van der Waals surface area contributed by atoms with E-state index < -0.39 is 57.1 Å². The number of ether oxygens (including phenoxy) is 3. The van der Waals surface area contributed by atoms with Crippen LogP contribution in [0.3, 0.4) is 0 Å². The van der Waals surface area contributed by atoms with E-state index in [1.807, 2.05) is 12.1 Å². The number of nitro groups is 2. The van der Waals surface area contributed by atoms with E-state index in [-0.39, 0.29) is 68.7 Å². The van der Waals surface area contributed by atoms with E-state index in [0.29, 0.717) is 74.1 Å². The molecule has 0 unspecified atom stereocenters. The second-order valence-electron chi connectivity index (χ2n) is 26.0. The van der Waals surface area contributed by atoms with Crippen LogP contribution < -0.4 is 44.2 Å². The molecular formula is C78H87N9O19. The van der Waals surface area contributed by atoms with Gasteiger partial charge in [0, 0.05) is 99.1 Å². The number of non-ortho nitro benzene ring substituents is 2. The van der Waals surface area contributed by atoms with Gasteiger partial charge in [-0.15, -0.1) is 0 Å². The van der Waals surface area contributed by atoms with Crippen LogP contribution in [0.1, 0.15) is 142 Å². The molecule has 2 fully saturated rings. The molecule has 5 N–H and O–H groups in total. The zero-order valence-electron chi connectivity index (χ0n) is 60.1. The molecular weight excluding hydrogens is 1370 g/mol. The first kappa shape index (κ1) is 79.8. The smallest absolute Gasteiger partial charge is 0.343 e. The number of pyridine rings is 4. The molecule has 12 rings (SSSR count). The van der Waals surface area contributed by atoms with E-state index in [0.717, 1.165) is 37.3 Å². The molecule has 558 valence electrons. The lowest BCUT2D eigenvalue weighted by molar-refractivity contribution is -0.383. The van der Waals surface area contributed by atoms with Gasteiger partial charge in [-0.2, -0.15) is 0 Å². The maximum absolute atomic E-state index is 12.8. The summed E-state index contributed by atoms with van der Waals surface area (Å²) in [5.41, 5.74) is 5.71. The Balaban J connectivity index is 0.000000170. The van der Waals surface area contributed by atoms with Gasteiger partial charge >= 0.3 is 23.5 Å². The number of carbonyl (C=O) groups is 5. The quantitative estimate of drug-likeness (QED) is 0.0174. The number of nitrogens with one attached hydrogen (secondary N) is 2. The number of esters is 3. The lowest BCUT2D eigenvalue weighted by atomic mass is 9.96. The number of hydrogen-bond acceptors (Lipinski definition) is 20. The van der Waals surface area contributed by atoms with E-state index in [4.69, 9.17) is 10.5 Å². The number of nitrogens with two attached hydrogens (primary N) is 1. The summed E-state index contributed by atoms with van der Waals surface area (Å²) < 4.78 is 24.0. The van der Waals surface area contributed by atoms with E-state index in [9.17, 15) is 73.3 Å². The number of carbonyl (C=O) groups excluding carboxylic acids is 5. The second-order valence-corrected chi connectivity index (χ2v) is 26.0. The lowest BCUT2D eigenvalue weighted by Gasteiger charge is -2.16. The van der Waals surface area contributed by atoms with Crippen molar-refractivity contribution in [3.63, 3.8) is 0 Å². The molecule has 0 bridgehead atoms. The van der Waals surface area contributed by atoms with Crippen LogP contribution in [0.2, 0.25) is 0 Å². The standard InChI is InChI=1S/C22H28N2O4.C21H28N2O3.C13H12N2O5.C13H14N2O3.C9H5NO4/c1-15(22(27)28-2)24-13-12-17-18(21(24)26)10-7-11-19(17)23-20(25)14-16-8-5-3-4-6-9-16;1-15(14-24)23-12-11-17-18(21(23)26)9-6-10-19(17)22-20(25)13-16-7-4-2-3-5-8-16;1-8(13(17)20-2)14-7-6-9-10(12(14)16)4-3-5-11(9)15(18)19;1-8(13(17)18-2)15-7-6-9-10(12(15)16)4-3-5-11(9)14;11-9-7-2-1-3-8(10(12)13)6(7)4-5-14-9/h7,10-13,15-16H,3-6,8-9,14H2,1-2H3,(H,23,25);6,9-12,15-16,24H,2-5,7-8,13-14H2,1H3,(H,22,25);3-8H,1-2H3;3-8H,14H2,1-2H3;1-5H/t2*15-;2*8-;/m1111./s1. The lowest BCUT2D eigenvalue weighted by Crippen LogP contribution is -2.28. The number of anilines is 3. The predicted molar refractivity (Wildman–Crippen MR) is 404 cm³/mol. The third-order valence-electron chi connectivity index (χ3n) is 19.1. The molecule has 0 aliphatic heterocycles.